The summed E-state index contributed by atoms with van der Waals surface area (Å²) < 4.78 is 10.6. The highest BCUT2D eigenvalue weighted by atomic mass is 35.5. The third-order valence-corrected chi connectivity index (χ3v) is 5.56. The van der Waals surface area contributed by atoms with Crippen LogP contribution in [0.15, 0.2) is 42.5 Å². The van der Waals surface area contributed by atoms with Crippen molar-refractivity contribution in [3.63, 3.8) is 0 Å². The summed E-state index contributed by atoms with van der Waals surface area (Å²) in [7, 11) is 4.73. The molecule has 0 bridgehead atoms. The molecule has 0 aliphatic carbocycles. The van der Waals surface area contributed by atoms with Gasteiger partial charge < -0.3 is 19.7 Å². The highest BCUT2D eigenvalue weighted by Gasteiger charge is 2.41. The maximum atomic E-state index is 12.7. The van der Waals surface area contributed by atoms with Gasteiger partial charge in [-0.3, -0.25) is 14.5 Å². The first-order valence-electron chi connectivity index (χ1n) is 9.18. The summed E-state index contributed by atoms with van der Waals surface area (Å²) in [6, 6.07) is 11.6. The van der Waals surface area contributed by atoms with Crippen molar-refractivity contribution in [1.82, 2.24) is 9.80 Å². The van der Waals surface area contributed by atoms with Gasteiger partial charge in [0.2, 0.25) is 5.91 Å². The Hall–Kier alpha value is -2.84. The smallest absolute Gasteiger partial charge is 0.251 e. The third kappa shape index (κ3) is 4.66. The number of hydrogen-bond donors (Lipinski definition) is 1. The minimum Gasteiger partial charge on any atom is -0.493 e. The number of anilines is 1. The molecule has 1 heterocycles. The predicted molar refractivity (Wildman–Crippen MR) is 119 cm³/mol. The van der Waals surface area contributed by atoms with E-state index in [0.29, 0.717) is 33.9 Å². The predicted octanol–water partition coefficient (Wildman–Crippen LogP) is 3.31. The number of methoxy groups -OCH3 is 2. The third-order valence-electron chi connectivity index (χ3n) is 4.81. The number of amides is 2. The number of nitrogens with zero attached hydrogens (tertiary/aromatic N) is 2. The van der Waals surface area contributed by atoms with Crippen LogP contribution < -0.4 is 14.8 Å². The molecule has 1 atom stereocenters. The van der Waals surface area contributed by atoms with Crippen molar-refractivity contribution in [3.8, 4) is 11.5 Å². The van der Waals surface area contributed by atoms with Crippen molar-refractivity contribution in [2.75, 3.05) is 26.6 Å². The summed E-state index contributed by atoms with van der Waals surface area (Å²) in [4.78, 5) is 28.5. The van der Waals surface area contributed by atoms with E-state index < -0.39 is 6.04 Å². The Morgan fingerprint density at radius 3 is 2.57 bits per heavy atom. The van der Waals surface area contributed by atoms with E-state index in [1.165, 1.54) is 4.90 Å². The number of thiocarbonyl (C=S) groups is 1. The maximum absolute atomic E-state index is 12.7. The minimum absolute atomic E-state index is 0.0386. The molecule has 0 saturated carbocycles. The Morgan fingerprint density at radius 1 is 1.17 bits per heavy atom. The topological polar surface area (TPSA) is 71.1 Å². The Bertz CT molecular complexity index is 984. The van der Waals surface area contributed by atoms with Crippen LogP contribution in [-0.4, -0.2) is 54.0 Å². The molecule has 9 heteroatoms. The van der Waals surface area contributed by atoms with Gasteiger partial charge in [-0.2, -0.15) is 0 Å². The number of rotatable bonds is 7. The molecular formula is C21H22ClN3O4S. The minimum atomic E-state index is -0.699. The van der Waals surface area contributed by atoms with Crippen molar-refractivity contribution in [1.29, 1.82) is 0 Å². The standard InChI is InChI=1S/C21H22ClN3O4S/c1-24-20(27)16(11-19(26)23-15-6-4-5-14(22)10-15)25(21(24)30)12-13-7-8-17(28-2)18(9-13)29-3/h4-10,16H,11-12H2,1-3H3,(H,23,26). The molecule has 1 aliphatic heterocycles. The summed E-state index contributed by atoms with van der Waals surface area (Å²) in [6.45, 7) is 0.352. The van der Waals surface area contributed by atoms with E-state index >= 15 is 0 Å². The Kier molecular flexibility index (Phi) is 6.79. The molecule has 2 aromatic rings. The van der Waals surface area contributed by atoms with Gasteiger partial charge in [0, 0.05) is 24.3 Å². The first-order chi connectivity index (χ1) is 14.3. The summed E-state index contributed by atoms with van der Waals surface area (Å²) in [5, 5.41) is 3.66. The molecule has 158 valence electrons. The summed E-state index contributed by atoms with van der Waals surface area (Å²) in [6.07, 6.45) is -0.0386. The normalized spacial score (nSPS) is 16.1. The molecule has 0 radical (unpaired) electrons. The average molecular weight is 448 g/mol. The Balaban J connectivity index is 1.77. The molecule has 2 amide bonds. The SMILES string of the molecule is COc1ccc(CN2C(=S)N(C)C(=O)C2CC(=O)Nc2cccc(Cl)c2)cc1OC. The van der Waals surface area contributed by atoms with Crippen molar-refractivity contribution in [3.05, 3.63) is 53.1 Å². The molecule has 0 aromatic heterocycles. The lowest BCUT2D eigenvalue weighted by molar-refractivity contribution is -0.130. The van der Waals surface area contributed by atoms with Gasteiger partial charge in [0.1, 0.15) is 6.04 Å². The van der Waals surface area contributed by atoms with E-state index in [2.05, 4.69) is 5.32 Å². The van der Waals surface area contributed by atoms with Crippen LogP contribution in [0, 0.1) is 0 Å². The van der Waals surface area contributed by atoms with Gasteiger partial charge in [0.15, 0.2) is 16.6 Å². The zero-order valence-electron chi connectivity index (χ0n) is 16.8. The van der Waals surface area contributed by atoms with Crippen LogP contribution in [0.2, 0.25) is 5.02 Å². The largest absolute Gasteiger partial charge is 0.493 e. The number of hydrogen-bond acceptors (Lipinski definition) is 5. The fourth-order valence-electron chi connectivity index (χ4n) is 3.28. The lowest BCUT2D eigenvalue weighted by atomic mass is 10.1. The number of carbonyl (C=O) groups is 2. The molecule has 0 spiro atoms. The fourth-order valence-corrected chi connectivity index (χ4v) is 3.75. The number of benzene rings is 2. The molecule has 1 N–H and O–H groups in total. The zero-order valence-corrected chi connectivity index (χ0v) is 18.4. The monoisotopic (exact) mass is 447 g/mol. The van der Waals surface area contributed by atoms with Crippen LogP contribution in [-0.2, 0) is 16.1 Å². The fraction of sp³-hybridized carbons (Fsp3) is 0.286. The number of halogens is 1. The Morgan fingerprint density at radius 2 is 1.90 bits per heavy atom. The molecule has 1 fully saturated rings. The average Bonchev–Trinajstić information content (AvgIpc) is 2.92. The van der Waals surface area contributed by atoms with Gasteiger partial charge in [0.25, 0.3) is 5.91 Å². The van der Waals surface area contributed by atoms with Crippen LogP contribution in [0.25, 0.3) is 0 Å². The molecule has 1 saturated heterocycles. The molecule has 2 aromatic carbocycles. The van der Waals surface area contributed by atoms with Gasteiger partial charge in [-0.05, 0) is 48.1 Å². The van der Waals surface area contributed by atoms with E-state index in [1.54, 1.807) is 56.5 Å². The number of carbonyl (C=O) groups excluding carboxylic acids is 2. The van der Waals surface area contributed by atoms with Gasteiger partial charge >= 0.3 is 0 Å². The van der Waals surface area contributed by atoms with Gasteiger partial charge in [-0.15, -0.1) is 0 Å². The molecule has 30 heavy (non-hydrogen) atoms. The summed E-state index contributed by atoms with van der Waals surface area (Å²) in [5.74, 6) is 0.665. The number of nitrogens with one attached hydrogen (secondary N) is 1. The first-order valence-corrected chi connectivity index (χ1v) is 9.97. The van der Waals surface area contributed by atoms with Gasteiger partial charge in [0.05, 0.1) is 20.6 Å². The van der Waals surface area contributed by atoms with E-state index in [-0.39, 0.29) is 18.2 Å². The van der Waals surface area contributed by atoms with Gasteiger partial charge in [-0.25, -0.2) is 0 Å². The van der Waals surface area contributed by atoms with Crippen molar-refractivity contribution < 1.29 is 19.1 Å². The van der Waals surface area contributed by atoms with E-state index in [9.17, 15) is 9.59 Å². The van der Waals surface area contributed by atoms with Crippen molar-refractivity contribution in [2.24, 2.45) is 0 Å². The van der Waals surface area contributed by atoms with Crippen LogP contribution in [0.5, 0.6) is 11.5 Å². The summed E-state index contributed by atoms with van der Waals surface area (Å²) >= 11 is 11.4. The molecular weight excluding hydrogens is 426 g/mol. The number of likely N-dealkylation sites (N-methyl/N-ethyl adjacent to an activating group) is 1. The van der Waals surface area contributed by atoms with Crippen LogP contribution in [0.4, 0.5) is 5.69 Å². The van der Waals surface area contributed by atoms with Crippen molar-refractivity contribution >= 4 is 46.4 Å². The van der Waals surface area contributed by atoms with Crippen LogP contribution in [0.3, 0.4) is 0 Å². The van der Waals surface area contributed by atoms with E-state index in [1.807, 2.05) is 12.1 Å². The first kappa shape index (κ1) is 21.9. The summed E-state index contributed by atoms with van der Waals surface area (Å²) in [5.41, 5.74) is 1.44. The molecule has 3 rings (SSSR count). The second-order valence-electron chi connectivity index (χ2n) is 6.78. The van der Waals surface area contributed by atoms with Crippen LogP contribution >= 0.6 is 23.8 Å². The van der Waals surface area contributed by atoms with E-state index in [0.717, 1.165) is 5.56 Å². The zero-order chi connectivity index (χ0) is 21.8. The second-order valence-corrected chi connectivity index (χ2v) is 7.58. The van der Waals surface area contributed by atoms with E-state index in [4.69, 9.17) is 33.3 Å². The molecule has 7 nitrogen and oxygen atoms in total. The maximum Gasteiger partial charge on any atom is 0.251 e. The molecule has 1 aliphatic rings. The molecule has 1 unspecified atom stereocenters. The lowest BCUT2D eigenvalue weighted by Gasteiger charge is -2.24. The second kappa shape index (κ2) is 9.32. The highest BCUT2D eigenvalue weighted by molar-refractivity contribution is 7.80. The number of ether oxygens (including phenoxy) is 2. The highest BCUT2D eigenvalue weighted by Crippen LogP contribution is 2.30. The Labute approximate surface area is 185 Å². The van der Waals surface area contributed by atoms with Gasteiger partial charge in [-0.1, -0.05) is 23.7 Å². The van der Waals surface area contributed by atoms with Crippen molar-refractivity contribution in [2.45, 2.75) is 19.0 Å². The van der Waals surface area contributed by atoms with Crippen LogP contribution in [0.1, 0.15) is 12.0 Å². The quantitative estimate of drug-likeness (QED) is 0.656. The lowest BCUT2D eigenvalue weighted by Crippen LogP contribution is -2.37.